The highest BCUT2D eigenvalue weighted by atomic mass is 79.9. The second-order valence-electron chi connectivity index (χ2n) is 3.61. The maximum atomic E-state index is 13.6. The van der Waals surface area contributed by atoms with Gasteiger partial charge in [-0.3, -0.25) is 0 Å². The summed E-state index contributed by atoms with van der Waals surface area (Å²) in [5.74, 6) is -0.245. The van der Waals surface area contributed by atoms with Gasteiger partial charge < -0.3 is 5.73 Å². The zero-order valence-electron chi connectivity index (χ0n) is 8.49. The normalized spacial score (nSPS) is 12.7. The van der Waals surface area contributed by atoms with E-state index in [4.69, 9.17) is 5.73 Å². The second kappa shape index (κ2) is 5.08. The van der Waals surface area contributed by atoms with Gasteiger partial charge in [-0.1, -0.05) is 15.9 Å². The van der Waals surface area contributed by atoms with Crippen LogP contribution >= 0.6 is 27.3 Å². The molecular weight excluding hydrogens is 289 g/mol. The van der Waals surface area contributed by atoms with Gasteiger partial charge in [-0.2, -0.15) is 11.3 Å². The number of halogens is 2. The van der Waals surface area contributed by atoms with E-state index in [1.807, 2.05) is 16.8 Å². The van der Waals surface area contributed by atoms with Crippen molar-refractivity contribution in [3.8, 4) is 0 Å². The van der Waals surface area contributed by atoms with E-state index in [1.165, 1.54) is 6.07 Å². The van der Waals surface area contributed by atoms with Crippen molar-refractivity contribution in [2.45, 2.75) is 12.5 Å². The van der Waals surface area contributed by atoms with Crippen molar-refractivity contribution in [1.29, 1.82) is 0 Å². The van der Waals surface area contributed by atoms with E-state index in [-0.39, 0.29) is 11.9 Å². The summed E-state index contributed by atoms with van der Waals surface area (Å²) in [6, 6.07) is 6.57. The molecule has 2 rings (SSSR count). The van der Waals surface area contributed by atoms with Crippen LogP contribution < -0.4 is 5.73 Å². The van der Waals surface area contributed by atoms with Gasteiger partial charge in [0.25, 0.3) is 0 Å². The first-order valence-corrected chi connectivity index (χ1v) is 6.62. The van der Waals surface area contributed by atoms with Crippen LogP contribution in [-0.4, -0.2) is 0 Å². The van der Waals surface area contributed by atoms with E-state index in [2.05, 4.69) is 15.9 Å². The fraction of sp³-hybridized carbons (Fsp3) is 0.167. The van der Waals surface area contributed by atoms with Crippen molar-refractivity contribution >= 4 is 27.3 Å². The molecule has 0 aliphatic heterocycles. The van der Waals surface area contributed by atoms with Gasteiger partial charge in [0, 0.05) is 16.1 Å². The molecule has 1 aromatic carbocycles. The lowest BCUT2D eigenvalue weighted by Gasteiger charge is -2.12. The van der Waals surface area contributed by atoms with E-state index in [0.717, 1.165) is 10.0 Å². The monoisotopic (exact) mass is 299 g/mol. The van der Waals surface area contributed by atoms with E-state index < -0.39 is 0 Å². The topological polar surface area (TPSA) is 26.0 Å². The fourth-order valence-electron chi connectivity index (χ4n) is 1.57. The maximum absolute atomic E-state index is 13.6. The maximum Gasteiger partial charge on any atom is 0.128 e. The van der Waals surface area contributed by atoms with E-state index in [1.54, 1.807) is 23.5 Å². The average Bonchev–Trinajstić information content (AvgIpc) is 2.74. The smallest absolute Gasteiger partial charge is 0.128 e. The number of hydrogen-bond acceptors (Lipinski definition) is 2. The van der Waals surface area contributed by atoms with Crippen LogP contribution in [0.15, 0.2) is 39.5 Å². The van der Waals surface area contributed by atoms with Crippen molar-refractivity contribution < 1.29 is 4.39 Å². The molecule has 0 amide bonds. The van der Waals surface area contributed by atoms with Crippen molar-refractivity contribution in [3.63, 3.8) is 0 Å². The second-order valence-corrected chi connectivity index (χ2v) is 5.30. The minimum atomic E-state index is -0.299. The van der Waals surface area contributed by atoms with E-state index in [0.29, 0.717) is 12.0 Å². The van der Waals surface area contributed by atoms with Crippen molar-refractivity contribution in [2.75, 3.05) is 0 Å². The van der Waals surface area contributed by atoms with Gasteiger partial charge in [0.1, 0.15) is 5.82 Å². The number of nitrogens with two attached hydrogens (primary N) is 1. The van der Waals surface area contributed by atoms with Gasteiger partial charge >= 0.3 is 0 Å². The highest BCUT2D eigenvalue weighted by Gasteiger charge is 2.12. The van der Waals surface area contributed by atoms with Crippen molar-refractivity contribution in [1.82, 2.24) is 0 Å². The standard InChI is InChI=1S/C12H11BrFNS/c13-9-1-2-11(14)10(6-9)12(15)5-8-3-4-16-7-8/h1-4,6-7,12H,5,15H2. The molecule has 0 aliphatic carbocycles. The molecule has 0 spiro atoms. The molecule has 0 saturated heterocycles. The SMILES string of the molecule is NC(Cc1ccsc1)c1cc(Br)ccc1F. The molecule has 0 bridgehead atoms. The van der Waals surface area contributed by atoms with Crippen molar-refractivity contribution in [2.24, 2.45) is 5.73 Å². The van der Waals surface area contributed by atoms with Crippen LogP contribution in [0.2, 0.25) is 0 Å². The summed E-state index contributed by atoms with van der Waals surface area (Å²) in [4.78, 5) is 0. The Morgan fingerprint density at radius 3 is 2.88 bits per heavy atom. The number of hydrogen-bond donors (Lipinski definition) is 1. The molecule has 1 atom stereocenters. The molecule has 0 fully saturated rings. The Morgan fingerprint density at radius 1 is 1.38 bits per heavy atom. The third-order valence-corrected chi connectivity index (χ3v) is 3.62. The van der Waals surface area contributed by atoms with E-state index >= 15 is 0 Å². The summed E-state index contributed by atoms with van der Waals surface area (Å²) in [5, 5.41) is 4.04. The van der Waals surface area contributed by atoms with Gasteiger partial charge in [-0.25, -0.2) is 4.39 Å². The largest absolute Gasteiger partial charge is 0.324 e. The van der Waals surface area contributed by atoms with Crippen LogP contribution in [0.3, 0.4) is 0 Å². The average molecular weight is 300 g/mol. The predicted octanol–water partition coefficient (Wildman–Crippen LogP) is 3.89. The summed E-state index contributed by atoms with van der Waals surface area (Å²) in [7, 11) is 0. The lowest BCUT2D eigenvalue weighted by atomic mass is 10.0. The third-order valence-electron chi connectivity index (χ3n) is 2.39. The molecule has 2 aromatic rings. The fourth-order valence-corrected chi connectivity index (χ4v) is 2.63. The minimum absolute atomic E-state index is 0.245. The molecule has 2 N–H and O–H groups in total. The molecule has 0 saturated carbocycles. The molecule has 0 aliphatic rings. The summed E-state index contributed by atoms with van der Waals surface area (Å²) < 4.78 is 14.4. The molecule has 1 heterocycles. The Bertz CT molecular complexity index is 470. The van der Waals surface area contributed by atoms with Gasteiger partial charge in [-0.15, -0.1) is 0 Å². The molecule has 1 unspecified atom stereocenters. The first-order chi connectivity index (χ1) is 7.66. The molecule has 4 heteroatoms. The summed E-state index contributed by atoms with van der Waals surface area (Å²) >= 11 is 4.95. The lowest BCUT2D eigenvalue weighted by Crippen LogP contribution is -2.14. The third kappa shape index (κ3) is 2.70. The molecule has 16 heavy (non-hydrogen) atoms. The van der Waals surface area contributed by atoms with Gasteiger partial charge in [0.15, 0.2) is 0 Å². The number of thiophene rings is 1. The van der Waals surface area contributed by atoms with Crippen LogP contribution in [-0.2, 0) is 6.42 Å². The molecular formula is C12H11BrFNS. The Hall–Kier alpha value is -0.710. The molecule has 84 valence electrons. The Kier molecular flexibility index (Phi) is 3.74. The summed E-state index contributed by atoms with van der Waals surface area (Å²) in [5.41, 5.74) is 7.71. The lowest BCUT2D eigenvalue weighted by molar-refractivity contribution is 0.580. The number of rotatable bonds is 3. The summed E-state index contributed by atoms with van der Waals surface area (Å²) in [6.07, 6.45) is 0.664. The van der Waals surface area contributed by atoms with Crippen LogP contribution in [0.5, 0.6) is 0 Å². The Morgan fingerprint density at radius 2 is 2.19 bits per heavy atom. The molecule has 1 aromatic heterocycles. The summed E-state index contributed by atoms with van der Waals surface area (Å²) in [6.45, 7) is 0. The van der Waals surface area contributed by atoms with E-state index in [9.17, 15) is 4.39 Å². The molecule has 0 radical (unpaired) electrons. The quantitative estimate of drug-likeness (QED) is 0.914. The predicted molar refractivity (Wildman–Crippen MR) is 69.1 cm³/mol. The van der Waals surface area contributed by atoms with Gasteiger partial charge in [0.2, 0.25) is 0 Å². The zero-order chi connectivity index (χ0) is 11.5. The Balaban J connectivity index is 2.20. The molecule has 1 nitrogen and oxygen atoms in total. The van der Waals surface area contributed by atoms with Crippen LogP contribution in [0.4, 0.5) is 4.39 Å². The first kappa shape index (κ1) is 11.8. The van der Waals surface area contributed by atoms with Crippen LogP contribution in [0.1, 0.15) is 17.2 Å². The Labute approximate surface area is 106 Å². The first-order valence-electron chi connectivity index (χ1n) is 4.88. The minimum Gasteiger partial charge on any atom is -0.324 e. The number of benzene rings is 1. The highest BCUT2D eigenvalue weighted by Crippen LogP contribution is 2.23. The highest BCUT2D eigenvalue weighted by molar-refractivity contribution is 9.10. The zero-order valence-corrected chi connectivity index (χ0v) is 10.9. The van der Waals surface area contributed by atoms with Gasteiger partial charge in [-0.05, 0) is 47.0 Å². The van der Waals surface area contributed by atoms with Crippen LogP contribution in [0.25, 0.3) is 0 Å². The van der Waals surface area contributed by atoms with Crippen LogP contribution in [0, 0.1) is 5.82 Å². The van der Waals surface area contributed by atoms with Gasteiger partial charge in [0.05, 0.1) is 0 Å². The van der Waals surface area contributed by atoms with Crippen molar-refractivity contribution in [3.05, 3.63) is 56.4 Å².